The second-order valence-electron chi connectivity index (χ2n) is 7.03. The normalized spacial score (nSPS) is 38.7. The van der Waals surface area contributed by atoms with Crippen molar-refractivity contribution in [3.63, 3.8) is 0 Å². The van der Waals surface area contributed by atoms with Crippen molar-refractivity contribution in [1.82, 2.24) is 0 Å². The summed E-state index contributed by atoms with van der Waals surface area (Å²) in [5.41, 5.74) is 4.34. The van der Waals surface area contributed by atoms with Gasteiger partial charge in [0.2, 0.25) is 0 Å². The fraction of sp³-hybridized carbons (Fsp3) is 0.556. The third-order valence-electron chi connectivity index (χ3n) is 6.12. The molecule has 0 heterocycles. The molecule has 0 spiro atoms. The van der Waals surface area contributed by atoms with E-state index in [4.69, 9.17) is 0 Å². The highest BCUT2D eigenvalue weighted by molar-refractivity contribution is 5.47. The molecule has 0 amide bonds. The molecule has 0 aliphatic heterocycles. The van der Waals surface area contributed by atoms with Gasteiger partial charge in [-0.2, -0.15) is 0 Å². The first-order chi connectivity index (χ1) is 9.59. The minimum absolute atomic E-state index is 0.0940. The smallest absolute Gasteiger partial charge is 0.115 e. The summed E-state index contributed by atoms with van der Waals surface area (Å²) in [6, 6.07) is 5.84. The molecular weight excluding hydrogens is 248 g/mol. The first-order valence-electron chi connectivity index (χ1n) is 7.79. The van der Waals surface area contributed by atoms with Crippen molar-refractivity contribution in [2.45, 2.75) is 51.0 Å². The number of fused-ring (bicyclic) bond motifs is 5. The van der Waals surface area contributed by atoms with E-state index in [1.165, 1.54) is 11.1 Å². The van der Waals surface area contributed by atoms with Crippen molar-refractivity contribution in [2.24, 2.45) is 11.3 Å². The van der Waals surface area contributed by atoms with Crippen LogP contribution in [0.4, 0.5) is 0 Å². The summed E-state index contributed by atoms with van der Waals surface area (Å²) in [7, 11) is 0. The van der Waals surface area contributed by atoms with Crippen LogP contribution in [0, 0.1) is 11.3 Å². The van der Waals surface area contributed by atoms with Gasteiger partial charge in [-0.05, 0) is 61.3 Å². The SMILES string of the molecule is C[C@]12CC[C@@H]3C(=CCc4cc(O)ccc43)[C@H]1CC[C@@H]2O. The van der Waals surface area contributed by atoms with Gasteiger partial charge in [-0.15, -0.1) is 0 Å². The molecule has 3 aliphatic rings. The number of aromatic hydroxyl groups is 1. The Kier molecular flexibility index (Phi) is 2.56. The molecule has 1 aromatic carbocycles. The van der Waals surface area contributed by atoms with Crippen LogP contribution in [0.5, 0.6) is 5.75 Å². The Hall–Kier alpha value is -1.28. The van der Waals surface area contributed by atoms with E-state index in [1.807, 2.05) is 12.1 Å². The van der Waals surface area contributed by atoms with Gasteiger partial charge in [0.05, 0.1) is 6.10 Å². The topological polar surface area (TPSA) is 40.5 Å². The van der Waals surface area contributed by atoms with Crippen LogP contribution in [0.1, 0.15) is 49.7 Å². The van der Waals surface area contributed by atoms with E-state index in [0.29, 0.717) is 17.6 Å². The number of hydrogen-bond acceptors (Lipinski definition) is 2. The Bertz CT molecular complexity index is 589. The average molecular weight is 270 g/mol. The summed E-state index contributed by atoms with van der Waals surface area (Å²) in [6.45, 7) is 2.28. The number of phenols is 1. The molecule has 0 bridgehead atoms. The predicted molar refractivity (Wildman–Crippen MR) is 78.7 cm³/mol. The highest BCUT2D eigenvalue weighted by atomic mass is 16.3. The van der Waals surface area contributed by atoms with Crippen LogP contribution < -0.4 is 0 Å². The molecule has 3 aliphatic carbocycles. The zero-order valence-corrected chi connectivity index (χ0v) is 12.0. The lowest BCUT2D eigenvalue weighted by Gasteiger charge is -2.46. The third-order valence-corrected chi connectivity index (χ3v) is 6.12. The molecule has 2 heteroatoms. The fourth-order valence-electron chi connectivity index (χ4n) is 4.93. The lowest BCUT2D eigenvalue weighted by molar-refractivity contribution is 0.0267. The molecular formula is C18H22O2. The van der Waals surface area contributed by atoms with Crippen molar-refractivity contribution < 1.29 is 10.2 Å². The Labute approximate surface area is 120 Å². The summed E-state index contributed by atoms with van der Waals surface area (Å²) in [5, 5.41) is 20.0. The summed E-state index contributed by atoms with van der Waals surface area (Å²) in [4.78, 5) is 0. The maximum Gasteiger partial charge on any atom is 0.115 e. The van der Waals surface area contributed by atoms with Gasteiger partial charge < -0.3 is 10.2 Å². The largest absolute Gasteiger partial charge is 0.508 e. The lowest BCUT2D eigenvalue weighted by Crippen LogP contribution is -2.39. The van der Waals surface area contributed by atoms with Gasteiger partial charge in [-0.25, -0.2) is 0 Å². The molecule has 0 unspecified atom stereocenters. The Balaban J connectivity index is 1.76. The highest BCUT2D eigenvalue weighted by Gasteiger charge is 2.51. The van der Waals surface area contributed by atoms with Crippen LogP contribution in [0.2, 0.25) is 0 Å². The minimum Gasteiger partial charge on any atom is -0.508 e. The van der Waals surface area contributed by atoms with Gasteiger partial charge in [0.1, 0.15) is 5.75 Å². The quantitative estimate of drug-likeness (QED) is 0.708. The molecule has 2 fully saturated rings. The van der Waals surface area contributed by atoms with E-state index in [9.17, 15) is 10.2 Å². The van der Waals surface area contributed by atoms with Gasteiger partial charge in [0.15, 0.2) is 0 Å². The summed E-state index contributed by atoms with van der Waals surface area (Å²) in [5.74, 6) is 1.44. The monoisotopic (exact) mass is 270 g/mol. The molecule has 2 N–H and O–H groups in total. The lowest BCUT2D eigenvalue weighted by atomic mass is 9.59. The van der Waals surface area contributed by atoms with Crippen LogP contribution in [0.15, 0.2) is 29.8 Å². The maximum absolute atomic E-state index is 10.3. The maximum atomic E-state index is 10.3. The van der Waals surface area contributed by atoms with Crippen molar-refractivity contribution in [1.29, 1.82) is 0 Å². The molecule has 20 heavy (non-hydrogen) atoms. The zero-order valence-electron chi connectivity index (χ0n) is 12.0. The Morgan fingerprint density at radius 2 is 2.05 bits per heavy atom. The molecule has 106 valence electrons. The van der Waals surface area contributed by atoms with Crippen molar-refractivity contribution >= 4 is 0 Å². The average Bonchev–Trinajstić information content (AvgIpc) is 2.74. The van der Waals surface area contributed by atoms with Gasteiger partial charge in [-0.3, -0.25) is 0 Å². The number of rotatable bonds is 0. The highest BCUT2D eigenvalue weighted by Crippen LogP contribution is 2.59. The second kappa shape index (κ2) is 4.11. The van der Waals surface area contributed by atoms with E-state index in [0.717, 1.165) is 32.1 Å². The molecule has 2 nitrogen and oxygen atoms in total. The number of aliphatic hydroxyl groups excluding tert-OH is 1. The fourth-order valence-corrected chi connectivity index (χ4v) is 4.93. The van der Waals surface area contributed by atoms with Crippen molar-refractivity contribution in [2.75, 3.05) is 0 Å². The molecule has 0 saturated heterocycles. The van der Waals surface area contributed by atoms with Crippen LogP contribution in [0.25, 0.3) is 0 Å². The van der Waals surface area contributed by atoms with E-state index in [-0.39, 0.29) is 11.5 Å². The van der Waals surface area contributed by atoms with Gasteiger partial charge in [0.25, 0.3) is 0 Å². The number of aliphatic hydroxyl groups is 1. The first kappa shape index (κ1) is 12.5. The van der Waals surface area contributed by atoms with E-state index < -0.39 is 0 Å². The molecule has 4 atom stereocenters. The third kappa shape index (κ3) is 1.54. The zero-order chi connectivity index (χ0) is 13.9. The number of hydrogen-bond donors (Lipinski definition) is 2. The molecule has 0 aromatic heterocycles. The molecule has 1 aromatic rings. The van der Waals surface area contributed by atoms with Crippen LogP contribution in [-0.4, -0.2) is 16.3 Å². The van der Waals surface area contributed by atoms with Crippen molar-refractivity contribution in [3.8, 4) is 5.75 Å². The number of allylic oxidation sites excluding steroid dienone is 2. The Morgan fingerprint density at radius 1 is 1.20 bits per heavy atom. The van der Waals surface area contributed by atoms with Gasteiger partial charge in [0, 0.05) is 11.3 Å². The van der Waals surface area contributed by atoms with E-state index >= 15 is 0 Å². The minimum atomic E-state index is -0.129. The summed E-state index contributed by atoms with van der Waals surface area (Å²) >= 11 is 0. The molecule has 2 saturated carbocycles. The first-order valence-corrected chi connectivity index (χ1v) is 7.79. The summed E-state index contributed by atoms with van der Waals surface area (Å²) < 4.78 is 0. The van der Waals surface area contributed by atoms with E-state index in [1.54, 1.807) is 5.57 Å². The van der Waals surface area contributed by atoms with Gasteiger partial charge in [-0.1, -0.05) is 24.6 Å². The second-order valence-corrected chi connectivity index (χ2v) is 7.03. The Morgan fingerprint density at radius 3 is 2.90 bits per heavy atom. The van der Waals surface area contributed by atoms with Crippen LogP contribution in [0.3, 0.4) is 0 Å². The number of benzene rings is 1. The van der Waals surface area contributed by atoms with Crippen LogP contribution in [-0.2, 0) is 6.42 Å². The summed E-state index contributed by atoms with van der Waals surface area (Å²) in [6.07, 6.45) is 7.51. The van der Waals surface area contributed by atoms with E-state index in [2.05, 4.69) is 19.1 Å². The van der Waals surface area contributed by atoms with Gasteiger partial charge >= 0.3 is 0 Å². The van der Waals surface area contributed by atoms with Crippen molar-refractivity contribution in [3.05, 3.63) is 41.0 Å². The standard InChI is InChI=1S/C18H22O2/c1-18-9-8-14-13-5-3-12(19)10-11(13)2-4-15(14)16(18)6-7-17(18)20/h3-5,10,14,16-17,19-20H,2,6-9H2,1H3/t14-,16+,17-,18-/m0/s1. The predicted octanol–water partition coefficient (Wildman–Crippen LogP) is 3.53. The molecule has 0 radical (unpaired) electrons. The van der Waals surface area contributed by atoms with Crippen LogP contribution >= 0.6 is 0 Å². The number of phenolic OH excluding ortho intramolecular Hbond substituents is 1. The molecule has 4 rings (SSSR count).